The number of carbonyl (C=O) groups is 1. The Bertz CT molecular complexity index is 513. The Hall–Kier alpha value is -1.69. The normalized spacial score (nSPS) is 21.1. The minimum absolute atomic E-state index is 0.0245. The maximum atomic E-state index is 13.7. The number of rotatable bonds is 0. The molecule has 96 valence electrons. The molecule has 18 heavy (non-hydrogen) atoms. The molecule has 0 atom stereocenters. The van der Waals surface area contributed by atoms with Gasteiger partial charge >= 0.3 is 0 Å². The van der Waals surface area contributed by atoms with Crippen LogP contribution in [0, 0.1) is 11.6 Å². The first-order valence-corrected chi connectivity index (χ1v) is 5.78. The summed E-state index contributed by atoms with van der Waals surface area (Å²) in [5.74, 6) is -2.11. The van der Waals surface area contributed by atoms with Gasteiger partial charge in [-0.2, -0.15) is 0 Å². The molecule has 4 nitrogen and oxygen atoms in total. The molecule has 0 aliphatic carbocycles. The second kappa shape index (κ2) is 3.91. The maximum Gasteiger partial charge on any atom is 0.250 e. The van der Waals surface area contributed by atoms with Crippen LogP contribution >= 0.6 is 0 Å². The lowest BCUT2D eigenvalue weighted by atomic mass is 9.86. The zero-order chi connectivity index (χ0) is 12.8. The summed E-state index contributed by atoms with van der Waals surface area (Å²) in [7, 11) is 0. The van der Waals surface area contributed by atoms with Crippen LogP contribution in [0.25, 0.3) is 0 Å². The van der Waals surface area contributed by atoms with Crippen molar-refractivity contribution in [2.24, 2.45) is 0 Å². The molecule has 2 heterocycles. The van der Waals surface area contributed by atoms with Gasteiger partial charge in [0.1, 0.15) is 5.54 Å². The Balaban J connectivity index is 2.04. The largest absolute Gasteiger partial charge is 0.381 e. The summed E-state index contributed by atoms with van der Waals surface area (Å²) >= 11 is 0. The average molecular weight is 254 g/mol. The summed E-state index contributed by atoms with van der Waals surface area (Å²) in [5.41, 5.74) is -0.590. The lowest BCUT2D eigenvalue weighted by Crippen LogP contribution is -2.55. The molecule has 6 heteroatoms. The van der Waals surface area contributed by atoms with Gasteiger partial charge < -0.3 is 15.4 Å². The standard InChI is InChI=1S/C12H12F2N2O2/c13-7-1-2-8-10(9(7)14)16-12(11(17)15-8)3-5-18-6-4-12/h1-2,16H,3-6H2,(H,15,17). The smallest absolute Gasteiger partial charge is 0.250 e. The molecule has 1 saturated heterocycles. The van der Waals surface area contributed by atoms with Crippen molar-refractivity contribution < 1.29 is 18.3 Å². The van der Waals surface area contributed by atoms with Crippen LogP contribution in [-0.2, 0) is 9.53 Å². The second-order valence-corrected chi connectivity index (χ2v) is 4.56. The van der Waals surface area contributed by atoms with E-state index >= 15 is 0 Å². The second-order valence-electron chi connectivity index (χ2n) is 4.56. The Morgan fingerprint density at radius 1 is 1.22 bits per heavy atom. The highest BCUT2D eigenvalue weighted by Crippen LogP contribution is 2.38. The van der Waals surface area contributed by atoms with Crippen LogP contribution in [0.1, 0.15) is 12.8 Å². The zero-order valence-electron chi connectivity index (χ0n) is 9.56. The van der Waals surface area contributed by atoms with Gasteiger partial charge in [-0.25, -0.2) is 8.78 Å². The molecule has 0 aromatic heterocycles. The van der Waals surface area contributed by atoms with Crippen molar-refractivity contribution in [1.82, 2.24) is 0 Å². The van der Waals surface area contributed by atoms with Crippen LogP contribution in [0.15, 0.2) is 12.1 Å². The maximum absolute atomic E-state index is 13.7. The van der Waals surface area contributed by atoms with Crippen molar-refractivity contribution in [2.75, 3.05) is 23.8 Å². The van der Waals surface area contributed by atoms with Crippen LogP contribution in [0.3, 0.4) is 0 Å². The van der Waals surface area contributed by atoms with Gasteiger partial charge in [0.25, 0.3) is 0 Å². The molecule has 0 unspecified atom stereocenters. The molecular formula is C12H12F2N2O2. The summed E-state index contributed by atoms with van der Waals surface area (Å²) < 4.78 is 32.1. The molecule has 3 rings (SSSR count). The van der Waals surface area contributed by atoms with E-state index in [4.69, 9.17) is 4.74 Å². The third-order valence-electron chi connectivity index (χ3n) is 3.49. The van der Waals surface area contributed by atoms with Crippen molar-refractivity contribution in [3.63, 3.8) is 0 Å². The van der Waals surface area contributed by atoms with Crippen LogP contribution in [0.4, 0.5) is 20.2 Å². The van der Waals surface area contributed by atoms with Gasteiger partial charge in [-0.1, -0.05) is 0 Å². The minimum Gasteiger partial charge on any atom is -0.381 e. The molecule has 1 aromatic carbocycles. The van der Waals surface area contributed by atoms with Gasteiger partial charge in [-0.15, -0.1) is 0 Å². The number of anilines is 2. The molecule has 1 aromatic rings. The fourth-order valence-electron chi connectivity index (χ4n) is 2.39. The topological polar surface area (TPSA) is 50.4 Å². The predicted molar refractivity (Wildman–Crippen MR) is 61.4 cm³/mol. The number of carbonyl (C=O) groups excluding carboxylic acids is 1. The number of nitrogens with one attached hydrogen (secondary N) is 2. The number of hydrogen-bond donors (Lipinski definition) is 2. The third-order valence-corrected chi connectivity index (χ3v) is 3.49. The van der Waals surface area contributed by atoms with E-state index in [0.717, 1.165) is 6.07 Å². The van der Waals surface area contributed by atoms with E-state index in [2.05, 4.69) is 10.6 Å². The lowest BCUT2D eigenvalue weighted by molar-refractivity contribution is -0.123. The molecule has 0 bridgehead atoms. The van der Waals surface area contributed by atoms with Gasteiger partial charge in [0.15, 0.2) is 11.6 Å². The van der Waals surface area contributed by atoms with Crippen LogP contribution in [0.5, 0.6) is 0 Å². The molecule has 0 saturated carbocycles. The van der Waals surface area contributed by atoms with E-state index in [9.17, 15) is 13.6 Å². The monoisotopic (exact) mass is 254 g/mol. The molecule has 2 aliphatic heterocycles. The number of benzene rings is 1. The van der Waals surface area contributed by atoms with Crippen molar-refractivity contribution in [1.29, 1.82) is 0 Å². The fourth-order valence-corrected chi connectivity index (χ4v) is 2.39. The van der Waals surface area contributed by atoms with Gasteiger partial charge in [-0.05, 0) is 12.1 Å². The van der Waals surface area contributed by atoms with Crippen molar-refractivity contribution in [3.8, 4) is 0 Å². The quantitative estimate of drug-likeness (QED) is 0.743. The van der Waals surface area contributed by atoms with Crippen molar-refractivity contribution in [3.05, 3.63) is 23.8 Å². The lowest BCUT2D eigenvalue weighted by Gasteiger charge is -2.41. The van der Waals surface area contributed by atoms with Gasteiger partial charge in [0.2, 0.25) is 5.91 Å². The number of amides is 1. The van der Waals surface area contributed by atoms with Crippen molar-refractivity contribution >= 4 is 17.3 Å². The van der Waals surface area contributed by atoms with E-state index in [1.807, 2.05) is 0 Å². The molecule has 2 N–H and O–H groups in total. The Morgan fingerprint density at radius 3 is 2.67 bits per heavy atom. The molecular weight excluding hydrogens is 242 g/mol. The van der Waals surface area contributed by atoms with Crippen LogP contribution < -0.4 is 10.6 Å². The Morgan fingerprint density at radius 2 is 1.94 bits per heavy atom. The van der Waals surface area contributed by atoms with E-state index in [-0.39, 0.29) is 17.3 Å². The summed E-state index contributed by atoms with van der Waals surface area (Å²) in [4.78, 5) is 12.1. The highest BCUT2D eigenvalue weighted by Gasteiger charge is 2.44. The first-order chi connectivity index (χ1) is 8.62. The predicted octanol–water partition coefficient (Wildman–Crippen LogP) is 1.88. The van der Waals surface area contributed by atoms with Crippen molar-refractivity contribution in [2.45, 2.75) is 18.4 Å². The molecule has 1 fully saturated rings. The number of hydrogen-bond acceptors (Lipinski definition) is 3. The summed E-state index contributed by atoms with van der Waals surface area (Å²) in [6.45, 7) is 0.847. The Kier molecular flexibility index (Phi) is 2.48. The first kappa shape index (κ1) is 11.4. The minimum atomic E-state index is -0.960. The van der Waals surface area contributed by atoms with E-state index in [1.165, 1.54) is 6.07 Å². The average Bonchev–Trinajstić information content (AvgIpc) is 2.38. The fraction of sp³-hybridized carbons (Fsp3) is 0.417. The number of fused-ring (bicyclic) bond motifs is 1. The zero-order valence-corrected chi connectivity index (χ0v) is 9.56. The van der Waals surface area contributed by atoms with Crippen LogP contribution in [0.2, 0.25) is 0 Å². The third kappa shape index (κ3) is 1.56. The van der Waals surface area contributed by atoms with Crippen LogP contribution in [-0.4, -0.2) is 24.7 Å². The van der Waals surface area contributed by atoms with E-state index in [1.54, 1.807) is 0 Å². The highest BCUT2D eigenvalue weighted by molar-refractivity contribution is 6.06. The summed E-state index contributed by atoms with van der Waals surface area (Å²) in [6.07, 6.45) is 0.877. The molecule has 2 aliphatic rings. The number of ether oxygens (including phenoxy) is 1. The summed E-state index contributed by atoms with van der Waals surface area (Å²) in [5, 5.41) is 5.49. The first-order valence-electron chi connectivity index (χ1n) is 5.78. The van der Waals surface area contributed by atoms with Gasteiger partial charge in [0, 0.05) is 26.1 Å². The molecule has 1 amide bonds. The van der Waals surface area contributed by atoms with E-state index < -0.39 is 17.2 Å². The van der Waals surface area contributed by atoms with E-state index in [0.29, 0.717) is 26.1 Å². The van der Waals surface area contributed by atoms with Gasteiger partial charge in [0.05, 0.1) is 11.4 Å². The highest BCUT2D eigenvalue weighted by atomic mass is 19.2. The Labute approximate surface area is 102 Å². The molecule has 1 spiro atoms. The molecule has 0 radical (unpaired) electrons. The summed E-state index contributed by atoms with van der Waals surface area (Å²) in [6, 6.07) is 2.35. The SMILES string of the molecule is O=C1Nc2ccc(F)c(F)c2NC12CCOCC2. The number of halogens is 2. The van der Waals surface area contributed by atoms with Gasteiger partial charge in [-0.3, -0.25) is 4.79 Å².